The van der Waals surface area contributed by atoms with Crippen LogP contribution in [0.15, 0.2) is 29.2 Å². The van der Waals surface area contributed by atoms with Crippen LogP contribution in [0.2, 0.25) is 0 Å². The lowest BCUT2D eigenvalue weighted by atomic mass is 9.44. The maximum atomic E-state index is 12.6. The van der Waals surface area contributed by atoms with Gasteiger partial charge in [0.25, 0.3) is 0 Å². The fourth-order valence-corrected chi connectivity index (χ4v) is 5.63. The third-order valence-electron chi connectivity index (χ3n) is 5.95. The van der Waals surface area contributed by atoms with Crippen LogP contribution >= 0.6 is 0 Å². The molecule has 3 aliphatic carbocycles. The molecule has 1 aromatic carbocycles. The largest absolute Gasteiger partial charge is 0.391 e. The van der Waals surface area contributed by atoms with E-state index in [0.29, 0.717) is 12.3 Å². The van der Waals surface area contributed by atoms with Gasteiger partial charge in [0.05, 0.1) is 16.5 Å². The van der Waals surface area contributed by atoms with Crippen LogP contribution in [0.3, 0.4) is 0 Å². The quantitative estimate of drug-likeness (QED) is 0.898. The number of nitrogens with one attached hydrogen (secondary N) is 1. The minimum absolute atomic E-state index is 0.105. The van der Waals surface area contributed by atoms with Crippen molar-refractivity contribution in [2.24, 2.45) is 17.3 Å². The summed E-state index contributed by atoms with van der Waals surface area (Å²) in [5, 5.41) is 10.7. The van der Waals surface area contributed by atoms with Crippen molar-refractivity contribution in [2.45, 2.75) is 57.1 Å². The van der Waals surface area contributed by atoms with E-state index in [1.807, 2.05) is 13.8 Å². The minimum Gasteiger partial charge on any atom is -0.391 e. The second kappa shape index (κ2) is 4.79. The average molecular weight is 323 g/mol. The highest BCUT2D eigenvalue weighted by molar-refractivity contribution is 7.89. The molecule has 0 unspecified atom stereocenters. The first kappa shape index (κ1) is 16.0. The summed E-state index contributed by atoms with van der Waals surface area (Å²) in [7, 11) is -3.62. The lowest BCUT2D eigenvalue weighted by Gasteiger charge is -2.64. The van der Waals surface area contributed by atoms with Gasteiger partial charge in [0, 0.05) is 0 Å². The molecule has 4 atom stereocenters. The van der Waals surface area contributed by atoms with Gasteiger partial charge in [-0.1, -0.05) is 31.5 Å². The molecule has 0 aromatic heterocycles. The molecular weight excluding hydrogens is 298 g/mol. The van der Waals surface area contributed by atoms with Crippen molar-refractivity contribution in [2.75, 3.05) is 0 Å². The van der Waals surface area contributed by atoms with E-state index in [4.69, 9.17) is 0 Å². The fraction of sp³-hybridized carbons (Fsp3) is 0.647. The number of aryl methyl sites for hydroxylation is 1. The predicted octanol–water partition coefficient (Wildman–Crippen LogP) is 2.46. The maximum absolute atomic E-state index is 12.6. The first-order chi connectivity index (χ1) is 10.1. The van der Waals surface area contributed by atoms with E-state index >= 15 is 0 Å². The predicted molar refractivity (Wildman–Crippen MR) is 85.9 cm³/mol. The molecule has 0 radical (unpaired) electrons. The number of aliphatic hydroxyl groups is 1. The van der Waals surface area contributed by atoms with Gasteiger partial charge in [-0.05, 0) is 56.1 Å². The van der Waals surface area contributed by atoms with E-state index in [2.05, 4.69) is 18.6 Å². The van der Waals surface area contributed by atoms with Crippen molar-refractivity contribution in [1.82, 2.24) is 4.72 Å². The topological polar surface area (TPSA) is 66.4 Å². The Bertz CT molecular complexity index is 680. The first-order valence-corrected chi connectivity index (χ1v) is 9.33. The summed E-state index contributed by atoms with van der Waals surface area (Å²) >= 11 is 0. The molecule has 4 rings (SSSR count). The Balaban J connectivity index is 1.85. The third-order valence-corrected chi connectivity index (χ3v) is 7.58. The summed E-state index contributed by atoms with van der Waals surface area (Å²) in [4.78, 5) is 0.255. The number of benzene rings is 1. The highest BCUT2D eigenvalue weighted by Crippen LogP contribution is 2.61. The highest BCUT2D eigenvalue weighted by atomic mass is 32.2. The van der Waals surface area contributed by atoms with Gasteiger partial charge < -0.3 is 5.11 Å². The molecule has 0 heterocycles. The van der Waals surface area contributed by atoms with Crippen molar-refractivity contribution < 1.29 is 13.5 Å². The molecule has 5 heteroatoms. The smallest absolute Gasteiger partial charge is 0.241 e. The van der Waals surface area contributed by atoms with Gasteiger partial charge in [0.15, 0.2) is 0 Å². The van der Waals surface area contributed by atoms with Gasteiger partial charge in [-0.2, -0.15) is 0 Å². The van der Waals surface area contributed by atoms with Gasteiger partial charge in [-0.25, -0.2) is 13.1 Å². The summed E-state index contributed by atoms with van der Waals surface area (Å²) in [5.41, 5.74) is 0.340. The Hall–Kier alpha value is -0.910. The molecule has 0 aliphatic heterocycles. The van der Waals surface area contributed by atoms with Gasteiger partial charge in [0.1, 0.15) is 0 Å². The van der Waals surface area contributed by atoms with Crippen LogP contribution in [0.1, 0.15) is 39.2 Å². The summed E-state index contributed by atoms with van der Waals surface area (Å²) in [5.74, 6) is 0.628. The highest BCUT2D eigenvalue weighted by Gasteiger charge is 2.62. The Morgan fingerprint density at radius 1 is 1.18 bits per heavy atom. The second-order valence-electron chi connectivity index (χ2n) is 7.85. The number of sulfonamides is 1. The molecular formula is C17H25NO3S. The third kappa shape index (κ3) is 2.30. The second-order valence-corrected chi connectivity index (χ2v) is 9.53. The van der Waals surface area contributed by atoms with Gasteiger partial charge in [-0.15, -0.1) is 0 Å². The lowest BCUT2D eigenvalue weighted by Crippen LogP contribution is -2.70. The first-order valence-electron chi connectivity index (χ1n) is 7.85. The van der Waals surface area contributed by atoms with E-state index in [1.54, 1.807) is 24.3 Å². The van der Waals surface area contributed by atoms with Crippen molar-refractivity contribution in [3.05, 3.63) is 29.8 Å². The molecule has 3 aliphatic rings. The molecule has 1 aromatic rings. The van der Waals surface area contributed by atoms with Crippen molar-refractivity contribution in [1.29, 1.82) is 0 Å². The molecule has 0 saturated heterocycles. The molecule has 3 fully saturated rings. The Labute approximate surface area is 133 Å². The van der Waals surface area contributed by atoms with Crippen LogP contribution in [0.5, 0.6) is 0 Å². The minimum atomic E-state index is -3.62. The van der Waals surface area contributed by atoms with E-state index in [-0.39, 0.29) is 16.2 Å². The monoisotopic (exact) mass is 323 g/mol. The fourth-order valence-electron chi connectivity index (χ4n) is 4.20. The van der Waals surface area contributed by atoms with Gasteiger partial charge >= 0.3 is 0 Å². The summed E-state index contributed by atoms with van der Waals surface area (Å²) in [6.07, 6.45) is 1.03. The van der Waals surface area contributed by atoms with E-state index < -0.39 is 21.7 Å². The zero-order chi connectivity index (χ0) is 16.3. The molecule has 22 heavy (non-hydrogen) atoms. The van der Waals surface area contributed by atoms with Crippen LogP contribution in [-0.4, -0.2) is 25.2 Å². The molecule has 2 N–H and O–H groups in total. The molecule has 3 saturated carbocycles. The SMILES string of the molecule is Cc1ccc(S(=O)(=O)N[C@@]2(C)C[C@H]3C[C@H]([C@H]2O)C3(C)C)cc1. The molecule has 0 spiro atoms. The van der Waals surface area contributed by atoms with Crippen LogP contribution in [0, 0.1) is 24.2 Å². The number of fused-ring (bicyclic) bond motifs is 2. The van der Waals surface area contributed by atoms with Crippen molar-refractivity contribution in [3.8, 4) is 0 Å². The summed E-state index contributed by atoms with van der Waals surface area (Å²) in [6, 6.07) is 6.80. The zero-order valence-electron chi connectivity index (χ0n) is 13.6. The van der Waals surface area contributed by atoms with Crippen LogP contribution in [0.4, 0.5) is 0 Å². The number of hydrogen-bond donors (Lipinski definition) is 2. The Morgan fingerprint density at radius 2 is 1.77 bits per heavy atom. The van der Waals surface area contributed by atoms with E-state index in [1.165, 1.54) is 0 Å². The normalized spacial score (nSPS) is 36.7. The van der Waals surface area contributed by atoms with Crippen molar-refractivity contribution >= 4 is 10.0 Å². The summed E-state index contributed by atoms with van der Waals surface area (Å²) in [6.45, 7) is 8.09. The molecule has 2 bridgehead atoms. The number of hydrogen-bond acceptors (Lipinski definition) is 3. The summed E-state index contributed by atoms with van der Waals surface area (Å²) < 4.78 is 28.0. The number of aliphatic hydroxyl groups excluding tert-OH is 1. The van der Waals surface area contributed by atoms with Crippen LogP contribution in [0.25, 0.3) is 0 Å². The molecule has 0 amide bonds. The lowest BCUT2D eigenvalue weighted by molar-refractivity contribution is -0.177. The van der Waals surface area contributed by atoms with Crippen LogP contribution in [-0.2, 0) is 10.0 Å². The Morgan fingerprint density at radius 3 is 2.27 bits per heavy atom. The van der Waals surface area contributed by atoms with Crippen molar-refractivity contribution in [3.63, 3.8) is 0 Å². The standard InChI is InChI=1S/C17H25NO3S/c1-11-5-7-13(8-6-11)22(20,21)18-17(4)10-12-9-14(15(17)19)16(12,2)3/h5-8,12,14-15,18-19H,9-10H2,1-4H3/t12-,14-,15-,17+/m1/s1. The molecule has 4 nitrogen and oxygen atoms in total. The van der Waals surface area contributed by atoms with Gasteiger partial charge in [-0.3, -0.25) is 0 Å². The maximum Gasteiger partial charge on any atom is 0.241 e. The van der Waals surface area contributed by atoms with Crippen LogP contribution < -0.4 is 4.72 Å². The Kier molecular flexibility index (Phi) is 3.48. The number of rotatable bonds is 3. The molecule has 122 valence electrons. The van der Waals surface area contributed by atoms with E-state index in [0.717, 1.165) is 12.0 Å². The zero-order valence-corrected chi connectivity index (χ0v) is 14.4. The van der Waals surface area contributed by atoms with E-state index in [9.17, 15) is 13.5 Å². The average Bonchev–Trinajstić information content (AvgIpc) is 2.41. The van der Waals surface area contributed by atoms with Gasteiger partial charge in [0.2, 0.25) is 10.0 Å².